The van der Waals surface area contributed by atoms with E-state index in [2.05, 4.69) is 24.2 Å². The van der Waals surface area contributed by atoms with Gasteiger partial charge in [0.15, 0.2) is 0 Å². The molecule has 17 heavy (non-hydrogen) atoms. The number of nitrogens with zero attached hydrogens (tertiary/aromatic N) is 1. The smallest absolute Gasteiger partial charge is 0.0105 e. The van der Waals surface area contributed by atoms with Crippen molar-refractivity contribution >= 4 is 0 Å². The fourth-order valence-electron chi connectivity index (χ4n) is 4.63. The van der Waals surface area contributed by atoms with Gasteiger partial charge in [0, 0.05) is 25.2 Å². The molecule has 5 unspecified atom stereocenters. The largest absolute Gasteiger partial charge is 0.317 e. The summed E-state index contributed by atoms with van der Waals surface area (Å²) >= 11 is 0. The molecule has 0 aromatic carbocycles. The van der Waals surface area contributed by atoms with Crippen molar-refractivity contribution in [3.05, 3.63) is 0 Å². The second-order valence-corrected chi connectivity index (χ2v) is 6.86. The lowest BCUT2D eigenvalue weighted by Crippen LogP contribution is -2.46. The van der Waals surface area contributed by atoms with E-state index in [9.17, 15) is 0 Å². The first-order valence-electron chi connectivity index (χ1n) is 7.67. The number of likely N-dealkylation sites (tertiary alicyclic amines) is 1. The summed E-state index contributed by atoms with van der Waals surface area (Å²) in [5, 5.41) is 3.57. The normalized spacial score (nSPS) is 46.6. The molecule has 2 bridgehead atoms. The van der Waals surface area contributed by atoms with Crippen molar-refractivity contribution in [1.29, 1.82) is 0 Å². The molecule has 2 heteroatoms. The van der Waals surface area contributed by atoms with Crippen LogP contribution in [0.3, 0.4) is 0 Å². The minimum absolute atomic E-state index is 0.783. The van der Waals surface area contributed by atoms with Crippen LogP contribution < -0.4 is 5.32 Å². The molecular weight excluding hydrogens is 208 g/mol. The highest BCUT2D eigenvalue weighted by Gasteiger charge is 2.39. The zero-order valence-electron chi connectivity index (χ0n) is 11.5. The molecule has 98 valence electrons. The van der Waals surface area contributed by atoms with Gasteiger partial charge in [0.05, 0.1) is 0 Å². The summed E-state index contributed by atoms with van der Waals surface area (Å²) in [5.74, 6) is 2.90. The minimum Gasteiger partial charge on any atom is -0.317 e. The summed E-state index contributed by atoms with van der Waals surface area (Å²) in [6, 6.07) is 1.74. The molecule has 0 aromatic heterocycles. The third-order valence-corrected chi connectivity index (χ3v) is 5.61. The van der Waals surface area contributed by atoms with Gasteiger partial charge < -0.3 is 5.32 Å². The summed E-state index contributed by atoms with van der Waals surface area (Å²) in [6.07, 6.45) is 8.76. The number of nitrogens with one attached hydrogen (secondary N) is 1. The van der Waals surface area contributed by atoms with Gasteiger partial charge >= 0.3 is 0 Å². The van der Waals surface area contributed by atoms with E-state index < -0.39 is 0 Å². The molecule has 0 spiro atoms. The summed E-state index contributed by atoms with van der Waals surface area (Å²) in [4.78, 5) is 2.82. The highest BCUT2D eigenvalue weighted by molar-refractivity contribution is 4.94. The summed E-state index contributed by atoms with van der Waals surface area (Å²) in [5.41, 5.74) is 0. The monoisotopic (exact) mass is 236 g/mol. The topological polar surface area (TPSA) is 15.3 Å². The Kier molecular flexibility index (Phi) is 3.45. The SMILES string of the molecule is CNC1CCC(C)CC1CN1CC2CCC1C2. The van der Waals surface area contributed by atoms with Crippen molar-refractivity contribution in [2.75, 3.05) is 20.1 Å². The van der Waals surface area contributed by atoms with Crippen LogP contribution >= 0.6 is 0 Å². The second-order valence-electron chi connectivity index (χ2n) is 6.86. The van der Waals surface area contributed by atoms with Gasteiger partial charge in [0.2, 0.25) is 0 Å². The van der Waals surface area contributed by atoms with Crippen LogP contribution in [-0.4, -0.2) is 37.1 Å². The van der Waals surface area contributed by atoms with Crippen molar-refractivity contribution in [3.8, 4) is 0 Å². The Bertz CT molecular complexity index is 266. The van der Waals surface area contributed by atoms with Crippen LogP contribution in [0.2, 0.25) is 0 Å². The standard InChI is InChI=1S/C15H28N2/c1-11-3-6-15(16-2)13(7-11)10-17-9-12-4-5-14(17)8-12/h11-16H,3-10H2,1-2H3. The molecular formula is C15H28N2. The molecule has 1 aliphatic heterocycles. The lowest BCUT2D eigenvalue weighted by molar-refractivity contribution is 0.125. The molecule has 3 aliphatic rings. The lowest BCUT2D eigenvalue weighted by Gasteiger charge is -2.39. The van der Waals surface area contributed by atoms with Gasteiger partial charge in [-0.3, -0.25) is 4.90 Å². The first-order valence-corrected chi connectivity index (χ1v) is 7.67. The van der Waals surface area contributed by atoms with Crippen LogP contribution in [0.15, 0.2) is 0 Å². The Morgan fingerprint density at radius 2 is 2.00 bits per heavy atom. The fourth-order valence-corrected chi connectivity index (χ4v) is 4.63. The Hall–Kier alpha value is -0.0800. The van der Waals surface area contributed by atoms with Crippen LogP contribution in [0.5, 0.6) is 0 Å². The van der Waals surface area contributed by atoms with Gasteiger partial charge in [-0.05, 0) is 63.3 Å². The van der Waals surface area contributed by atoms with Gasteiger partial charge in [-0.15, -0.1) is 0 Å². The van der Waals surface area contributed by atoms with Gasteiger partial charge in [-0.1, -0.05) is 6.92 Å². The van der Waals surface area contributed by atoms with Crippen molar-refractivity contribution < 1.29 is 0 Å². The third-order valence-electron chi connectivity index (χ3n) is 5.61. The minimum atomic E-state index is 0.783. The quantitative estimate of drug-likeness (QED) is 0.810. The maximum atomic E-state index is 3.57. The molecule has 2 aliphatic carbocycles. The molecule has 2 saturated carbocycles. The van der Waals surface area contributed by atoms with E-state index in [-0.39, 0.29) is 0 Å². The van der Waals surface area contributed by atoms with Crippen molar-refractivity contribution in [2.24, 2.45) is 17.8 Å². The van der Waals surface area contributed by atoms with Gasteiger partial charge in [-0.2, -0.15) is 0 Å². The number of fused-ring (bicyclic) bond motifs is 2. The first-order chi connectivity index (χ1) is 8.26. The Morgan fingerprint density at radius 1 is 1.12 bits per heavy atom. The predicted octanol–water partition coefficient (Wildman–Crippen LogP) is 2.49. The highest BCUT2D eigenvalue weighted by atomic mass is 15.2. The van der Waals surface area contributed by atoms with Crippen molar-refractivity contribution in [2.45, 2.75) is 57.5 Å². The van der Waals surface area contributed by atoms with Gasteiger partial charge in [0.25, 0.3) is 0 Å². The molecule has 1 saturated heterocycles. The summed E-state index contributed by atoms with van der Waals surface area (Å²) in [6.45, 7) is 5.22. The molecule has 1 heterocycles. The number of rotatable bonds is 3. The van der Waals surface area contributed by atoms with Crippen LogP contribution in [0.4, 0.5) is 0 Å². The molecule has 0 aromatic rings. The molecule has 1 N–H and O–H groups in total. The Labute approximate surface area is 106 Å². The Balaban J connectivity index is 1.59. The number of hydrogen-bond donors (Lipinski definition) is 1. The molecule has 3 fully saturated rings. The van der Waals surface area contributed by atoms with E-state index in [0.717, 1.165) is 29.8 Å². The number of hydrogen-bond acceptors (Lipinski definition) is 2. The number of piperidine rings is 1. The second kappa shape index (κ2) is 4.89. The molecule has 2 nitrogen and oxygen atoms in total. The third kappa shape index (κ3) is 2.39. The lowest BCUT2D eigenvalue weighted by atomic mass is 9.78. The maximum Gasteiger partial charge on any atom is 0.0105 e. The zero-order chi connectivity index (χ0) is 11.8. The van der Waals surface area contributed by atoms with Gasteiger partial charge in [0.1, 0.15) is 0 Å². The summed E-state index contributed by atoms with van der Waals surface area (Å²) in [7, 11) is 2.16. The van der Waals surface area contributed by atoms with Crippen molar-refractivity contribution in [1.82, 2.24) is 10.2 Å². The first kappa shape index (κ1) is 12.0. The van der Waals surface area contributed by atoms with Crippen molar-refractivity contribution in [3.63, 3.8) is 0 Å². The molecule has 3 rings (SSSR count). The highest BCUT2D eigenvalue weighted by Crippen LogP contribution is 2.39. The van der Waals surface area contributed by atoms with Crippen LogP contribution in [0, 0.1) is 17.8 Å². The average molecular weight is 236 g/mol. The van der Waals surface area contributed by atoms with E-state index in [1.165, 1.54) is 51.6 Å². The summed E-state index contributed by atoms with van der Waals surface area (Å²) < 4.78 is 0. The molecule has 0 radical (unpaired) electrons. The fraction of sp³-hybridized carbons (Fsp3) is 1.00. The van der Waals surface area contributed by atoms with Gasteiger partial charge in [-0.25, -0.2) is 0 Å². The van der Waals surface area contributed by atoms with Crippen LogP contribution in [0.25, 0.3) is 0 Å². The van der Waals surface area contributed by atoms with E-state index in [1.54, 1.807) is 0 Å². The van der Waals surface area contributed by atoms with E-state index in [0.29, 0.717) is 0 Å². The van der Waals surface area contributed by atoms with E-state index >= 15 is 0 Å². The molecule has 5 atom stereocenters. The zero-order valence-corrected chi connectivity index (χ0v) is 11.5. The Morgan fingerprint density at radius 3 is 2.65 bits per heavy atom. The van der Waals surface area contributed by atoms with Crippen LogP contribution in [0.1, 0.15) is 45.4 Å². The maximum absolute atomic E-state index is 3.57. The van der Waals surface area contributed by atoms with E-state index in [1.807, 2.05) is 0 Å². The average Bonchev–Trinajstić information content (AvgIpc) is 2.91. The van der Waals surface area contributed by atoms with E-state index in [4.69, 9.17) is 0 Å². The molecule has 0 amide bonds. The van der Waals surface area contributed by atoms with Crippen LogP contribution in [-0.2, 0) is 0 Å². The predicted molar refractivity (Wildman–Crippen MR) is 72.1 cm³/mol.